The van der Waals surface area contributed by atoms with Crippen LogP contribution in [0.1, 0.15) is 30.6 Å². The Bertz CT molecular complexity index is 363. The van der Waals surface area contributed by atoms with E-state index in [4.69, 9.17) is 0 Å². The van der Waals surface area contributed by atoms with Crippen LogP contribution >= 0.6 is 0 Å². The lowest BCUT2D eigenvalue weighted by atomic mass is 10.1. The van der Waals surface area contributed by atoms with Gasteiger partial charge in [0.1, 0.15) is 5.82 Å². The third-order valence-corrected chi connectivity index (χ3v) is 2.32. The standard InChI is InChI=1S/C12H16FNO/c1-4-7-14(3)12-6-5-10(9(2)15)8-11(12)13/h5-6,8H,4,7H2,1-3H3. The number of hydrogen-bond acceptors (Lipinski definition) is 2. The second-order valence-electron chi connectivity index (χ2n) is 3.64. The van der Waals surface area contributed by atoms with Gasteiger partial charge in [0.05, 0.1) is 5.69 Å². The van der Waals surface area contributed by atoms with Crippen molar-refractivity contribution in [1.29, 1.82) is 0 Å². The number of anilines is 1. The summed E-state index contributed by atoms with van der Waals surface area (Å²) in [6.45, 7) is 4.28. The SMILES string of the molecule is CCCN(C)c1ccc(C(C)=O)cc1F. The molecule has 0 saturated heterocycles. The molecular formula is C12H16FNO. The maximum atomic E-state index is 13.6. The second kappa shape index (κ2) is 4.91. The highest BCUT2D eigenvalue weighted by Crippen LogP contribution is 2.19. The molecule has 82 valence electrons. The molecule has 1 rings (SSSR count). The monoisotopic (exact) mass is 209 g/mol. The Hall–Kier alpha value is -1.38. The zero-order valence-corrected chi connectivity index (χ0v) is 9.38. The molecule has 1 aromatic rings. The average molecular weight is 209 g/mol. The van der Waals surface area contributed by atoms with Gasteiger partial charge in [-0.2, -0.15) is 0 Å². The number of ketones is 1. The zero-order valence-electron chi connectivity index (χ0n) is 9.38. The summed E-state index contributed by atoms with van der Waals surface area (Å²) in [5.74, 6) is -0.447. The van der Waals surface area contributed by atoms with E-state index in [1.807, 2.05) is 18.9 Å². The Morgan fingerprint density at radius 1 is 1.47 bits per heavy atom. The van der Waals surface area contributed by atoms with E-state index in [1.165, 1.54) is 13.0 Å². The predicted octanol–water partition coefficient (Wildman–Crippen LogP) is 2.87. The summed E-state index contributed by atoms with van der Waals surface area (Å²) < 4.78 is 13.6. The number of halogens is 1. The fourth-order valence-corrected chi connectivity index (χ4v) is 1.49. The molecule has 0 saturated carbocycles. The van der Waals surface area contributed by atoms with Crippen molar-refractivity contribution >= 4 is 11.5 Å². The van der Waals surface area contributed by atoms with Crippen molar-refractivity contribution in [3.05, 3.63) is 29.6 Å². The second-order valence-corrected chi connectivity index (χ2v) is 3.64. The molecule has 0 atom stereocenters. The van der Waals surface area contributed by atoms with Crippen molar-refractivity contribution in [3.8, 4) is 0 Å². The van der Waals surface area contributed by atoms with E-state index in [0.29, 0.717) is 11.3 Å². The molecule has 0 bridgehead atoms. The van der Waals surface area contributed by atoms with Gasteiger partial charge in [-0.05, 0) is 31.5 Å². The number of rotatable bonds is 4. The first-order valence-electron chi connectivity index (χ1n) is 5.08. The van der Waals surface area contributed by atoms with E-state index in [0.717, 1.165) is 13.0 Å². The topological polar surface area (TPSA) is 20.3 Å². The van der Waals surface area contributed by atoms with Gasteiger partial charge in [-0.15, -0.1) is 0 Å². The molecule has 1 aromatic carbocycles. The quantitative estimate of drug-likeness (QED) is 0.711. The number of benzene rings is 1. The maximum Gasteiger partial charge on any atom is 0.159 e. The van der Waals surface area contributed by atoms with Crippen molar-refractivity contribution in [1.82, 2.24) is 0 Å². The third kappa shape index (κ3) is 2.78. The third-order valence-electron chi connectivity index (χ3n) is 2.32. The van der Waals surface area contributed by atoms with E-state index in [1.54, 1.807) is 12.1 Å². The number of nitrogens with zero attached hydrogens (tertiary/aromatic N) is 1. The van der Waals surface area contributed by atoms with E-state index in [-0.39, 0.29) is 11.6 Å². The molecule has 0 N–H and O–H groups in total. The molecule has 2 nitrogen and oxygen atoms in total. The lowest BCUT2D eigenvalue weighted by molar-refractivity contribution is 0.101. The number of carbonyl (C=O) groups is 1. The lowest BCUT2D eigenvalue weighted by Gasteiger charge is -2.19. The van der Waals surface area contributed by atoms with Crippen molar-refractivity contribution < 1.29 is 9.18 Å². The maximum absolute atomic E-state index is 13.6. The number of carbonyl (C=O) groups excluding carboxylic acids is 1. The van der Waals surface area contributed by atoms with Crippen LogP contribution in [-0.4, -0.2) is 19.4 Å². The molecule has 0 aliphatic rings. The molecule has 0 aromatic heterocycles. The summed E-state index contributed by atoms with van der Waals surface area (Å²) in [5.41, 5.74) is 0.961. The van der Waals surface area contributed by atoms with Gasteiger partial charge in [0.2, 0.25) is 0 Å². The van der Waals surface area contributed by atoms with Crippen LogP contribution in [0.3, 0.4) is 0 Å². The minimum Gasteiger partial charge on any atom is -0.372 e. The van der Waals surface area contributed by atoms with Gasteiger partial charge >= 0.3 is 0 Å². The molecule has 0 fully saturated rings. The van der Waals surface area contributed by atoms with Crippen LogP contribution in [0.4, 0.5) is 10.1 Å². The fourth-order valence-electron chi connectivity index (χ4n) is 1.49. The molecule has 0 unspecified atom stereocenters. The highest BCUT2D eigenvalue weighted by Gasteiger charge is 2.09. The van der Waals surface area contributed by atoms with Crippen LogP contribution in [0, 0.1) is 5.82 Å². The largest absolute Gasteiger partial charge is 0.372 e. The van der Waals surface area contributed by atoms with E-state index in [2.05, 4.69) is 0 Å². The van der Waals surface area contributed by atoms with Crippen LogP contribution in [0.25, 0.3) is 0 Å². The Morgan fingerprint density at radius 3 is 2.60 bits per heavy atom. The zero-order chi connectivity index (χ0) is 11.4. The van der Waals surface area contributed by atoms with E-state index in [9.17, 15) is 9.18 Å². The Kier molecular flexibility index (Phi) is 3.83. The minimum atomic E-state index is -0.335. The van der Waals surface area contributed by atoms with Crippen LogP contribution < -0.4 is 4.90 Å². The molecule has 0 heterocycles. The smallest absolute Gasteiger partial charge is 0.159 e. The summed E-state index contributed by atoms with van der Waals surface area (Å²) in [6, 6.07) is 4.61. The minimum absolute atomic E-state index is 0.112. The molecule has 0 aliphatic carbocycles. The van der Waals surface area contributed by atoms with Crippen LogP contribution in [0.5, 0.6) is 0 Å². The van der Waals surface area contributed by atoms with Crippen LogP contribution in [0.15, 0.2) is 18.2 Å². The molecule has 0 spiro atoms. The number of hydrogen-bond donors (Lipinski definition) is 0. The van der Waals surface area contributed by atoms with Gasteiger partial charge in [-0.25, -0.2) is 4.39 Å². The fraction of sp³-hybridized carbons (Fsp3) is 0.417. The first kappa shape index (κ1) is 11.7. The van der Waals surface area contributed by atoms with Gasteiger partial charge in [0, 0.05) is 19.2 Å². The molecular weight excluding hydrogens is 193 g/mol. The molecule has 0 aliphatic heterocycles. The summed E-state index contributed by atoms with van der Waals surface area (Å²) >= 11 is 0. The van der Waals surface area contributed by atoms with Gasteiger partial charge < -0.3 is 4.90 Å². The highest BCUT2D eigenvalue weighted by atomic mass is 19.1. The van der Waals surface area contributed by atoms with Crippen molar-refractivity contribution in [2.75, 3.05) is 18.5 Å². The summed E-state index contributed by atoms with van der Waals surface area (Å²) in [6.07, 6.45) is 0.963. The Morgan fingerprint density at radius 2 is 2.13 bits per heavy atom. The van der Waals surface area contributed by atoms with Crippen LogP contribution in [-0.2, 0) is 0 Å². The predicted molar refractivity (Wildman–Crippen MR) is 60.0 cm³/mol. The Labute approximate surface area is 89.7 Å². The first-order chi connectivity index (χ1) is 7.06. The number of Topliss-reactive ketones (excluding diaryl/α,β-unsaturated/α-hetero) is 1. The van der Waals surface area contributed by atoms with Gasteiger partial charge in [0.15, 0.2) is 5.78 Å². The average Bonchev–Trinajstić information content (AvgIpc) is 2.17. The van der Waals surface area contributed by atoms with Crippen LogP contribution in [0.2, 0.25) is 0 Å². The summed E-state index contributed by atoms with van der Waals surface area (Å²) in [7, 11) is 1.84. The van der Waals surface area contributed by atoms with E-state index >= 15 is 0 Å². The van der Waals surface area contributed by atoms with Gasteiger partial charge in [-0.3, -0.25) is 4.79 Å². The molecule has 15 heavy (non-hydrogen) atoms. The lowest BCUT2D eigenvalue weighted by Crippen LogP contribution is -2.19. The molecule has 0 amide bonds. The first-order valence-corrected chi connectivity index (χ1v) is 5.08. The van der Waals surface area contributed by atoms with Crippen molar-refractivity contribution in [3.63, 3.8) is 0 Å². The van der Waals surface area contributed by atoms with E-state index < -0.39 is 0 Å². The van der Waals surface area contributed by atoms with Crippen molar-refractivity contribution in [2.45, 2.75) is 20.3 Å². The highest BCUT2D eigenvalue weighted by molar-refractivity contribution is 5.94. The molecule has 0 radical (unpaired) electrons. The van der Waals surface area contributed by atoms with Gasteiger partial charge in [0.25, 0.3) is 0 Å². The Balaban J connectivity index is 2.97. The van der Waals surface area contributed by atoms with Crippen molar-refractivity contribution in [2.24, 2.45) is 0 Å². The van der Waals surface area contributed by atoms with Gasteiger partial charge in [-0.1, -0.05) is 6.92 Å². The normalized spacial score (nSPS) is 10.1. The summed E-state index contributed by atoms with van der Waals surface area (Å²) in [4.78, 5) is 12.9. The molecule has 3 heteroatoms. The summed E-state index contributed by atoms with van der Waals surface area (Å²) in [5, 5.41) is 0.